The fraction of sp³-hybridized carbons (Fsp3) is 0.429. The molecular weight excluding hydrogens is 319 g/mol. The van der Waals surface area contributed by atoms with Gasteiger partial charge in [0.05, 0.1) is 22.7 Å². The number of esters is 1. The molecule has 0 aliphatic rings. The van der Waals surface area contributed by atoms with Gasteiger partial charge in [0.2, 0.25) is 5.60 Å². The van der Waals surface area contributed by atoms with Gasteiger partial charge in [-0.25, -0.2) is 4.98 Å². The van der Waals surface area contributed by atoms with Crippen LogP contribution in [0.3, 0.4) is 0 Å². The van der Waals surface area contributed by atoms with Crippen molar-refractivity contribution in [1.29, 1.82) is 0 Å². The number of aromatic nitrogens is 1. The minimum absolute atomic E-state index is 0.336. The van der Waals surface area contributed by atoms with E-state index in [1.165, 1.54) is 13.8 Å². The van der Waals surface area contributed by atoms with Crippen molar-refractivity contribution in [3.8, 4) is 0 Å². The van der Waals surface area contributed by atoms with Gasteiger partial charge in [-0.3, -0.25) is 4.79 Å². The summed E-state index contributed by atoms with van der Waals surface area (Å²) >= 11 is 0.703. The van der Waals surface area contributed by atoms with E-state index < -0.39 is 35.3 Å². The molecule has 0 aliphatic heterocycles. The van der Waals surface area contributed by atoms with E-state index >= 15 is 0 Å². The van der Waals surface area contributed by atoms with Gasteiger partial charge in [0.15, 0.2) is 0 Å². The number of hydrogen-bond donors (Lipinski definition) is 1. The van der Waals surface area contributed by atoms with E-state index in [2.05, 4.69) is 4.98 Å². The Morgan fingerprint density at radius 3 is 2.55 bits per heavy atom. The molecule has 0 radical (unpaired) electrons. The smallest absolute Gasteiger partial charge is 0.424 e. The predicted molar refractivity (Wildman–Crippen MR) is 75.4 cm³/mol. The van der Waals surface area contributed by atoms with Gasteiger partial charge >= 0.3 is 12.1 Å². The summed E-state index contributed by atoms with van der Waals surface area (Å²) in [7, 11) is 0. The number of rotatable bonds is 4. The zero-order valence-electron chi connectivity index (χ0n) is 11.8. The summed E-state index contributed by atoms with van der Waals surface area (Å²) in [6.07, 6.45) is -6.84. The van der Waals surface area contributed by atoms with Crippen molar-refractivity contribution in [2.75, 3.05) is 0 Å². The van der Waals surface area contributed by atoms with Gasteiger partial charge < -0.3 is 9.84 Å². The molecule has 0 fully saturated rings. The van der Waals surface area contributed by atoms with Crippen LogP contribution < -0.4 is 0 Å². The molecule has 0 aliphatic carbocycles. The van der Waals surface area contributed by atoms with E-state index in [9.17, 15) is 23.1 Å². The molecule has 0 amide bonds. The molecule has 1 aromatic carbocycles. The molecule has 1 atom stereocenters. The molecule has 22 heavy (non-hydrogen) atoms. The minimum Gasteiger partial charge on any atom is -0.463 e. The number of benzene rings is 1. The second-order valence-electron chi connectivity index (χ2n) is 5.06. The summed E-state index contributed by atoms with van der Waals surface area (Å²) in [5, 5.41) is 9.56. The Balaban J connectivity index is 2.43. The number of fused-ring (bicyclic) bond motifs is 1. The first kappa shape index (κ1) is 16.7. The summed E-state index contributed by atoms with van der Waals surface area (Å²) in [6.45, 7) is 3.03. The second-order valence-corrected chi connectivity index (χ2v) is 6.09. The Morgan fingerprint density at radius 2 is 2.00 bits per heavy atom. The lowest BCUT2D eigenvalue weighted by Crippen LogP contribution is -2.44. The lowest BCUT2D eigenvalue weighted by molar-refractivity contribution is -0.269. The lowest BCUT2D eigenvalue weighted by atomic mass is 10.00. The van der Waals surface area contributed by atoms with E-state index in [-0.39, 0.29) is 0 Å². The highest BCUT2D eigenvalue weighted by molar-refractivity contribution is 7.18. The van der Waals surface area contributed by atoms with Gasteiger partial charge in [0.1, 0.15) is 5.01 Å². The maximum Gasteiger partial charge on any atom is 0.424 e. The zero-order chi connectivity index (χ0) is 16.5. The van der Waals surface area contributed by atoms with Crippen molar-refractivity contribution in [1.82, 2.24) is 4.98 Å². The topological polar surface area (TPSA) is 59.4 Å². The highest BCUT2D eigenvalue weighted by Gasteiger charge is 2.58. The molecule has 1 heterocycles. The van der Waals surface area contributed by atoms with Crippen LogP contribution in [0.15, 0.2) is 24.3 Å². The number of thiazole rings is 1. The number of halogens is 3. The van der Waals surface area contributed by atoms with Crippen LogP contribution in [-0.4, -0.2) is 28.3 Å². The van der Waals surface area contributed by atoms with Crippen molar-refractivity contribution in [2.24, 2.45) is 0 Å². The molecule has 1 aromatic heterocycles. The fourth-order valence-electron chi connectivity index (χ4n) is 1.86. The Bertz CT molecular complexity index is 650. The molecule has 2 rings (SSSR count). The van der Waals surface area contributed by atoms with Gasteiger partial charge in [-0.15, -0.1) is 11.3 Å². The standard InChI is InChI=1S/C14H14F3NO3S/c1-8(2)21-11(19)7-13(20,14(15,16)17)12-18-9-5-3-4-6-10(9)22-12/h3-6,8,20H,7H2,1-2H3. The molecule has 4 nitrogen and oxygen atoms in total. The van der Waals surface area contributed by atoms with E-state index in [4.69, 9.17) is 4.74 Å². The average molecular weight is 333 g/mol. The first-order valence-electron chi connectivity index (χ1n) is 6.48. The van der Waals surface area contributed by atoms with Gasteiger partial charge in [0, 0.05) is 0 Å². The molecule has 0 spiro atoms. The van der Waals surface area contributed by atoms with Crippen LogP contribution >= 0.6 is 11.3 Å². The van der Waals surface area contributed by atoms with Gasteiger partial charge in [0.25, 0.3) is 0 Å². The summed E-state index contributed by atoms with van der Waals surface area (Å²) in [6, 6.07) is 6.42. The molecule has 8 heteroatoms. The summed E-state index contributed by atoms with van der Waals surface area (Å²) in [5.41, 5.74) is -3.02. The highest BCUT2D eigenvalue weighted by atomic mass is 32.1. The normalized spacial score (nSPS) is 15.0. The van der Waals surface area contributed by atoms with Crippen LogP contribution in [0.2, 0.25) is 0 Å². The van der Waals surface area contributed by atoms with Crippen LogP contribution in [0.25, 0.3) is 10.2 Å². The molecule has 0 saturated carbocycles. The third kappa shape index (κ3) is 3.22. The molecular formula is C14H14F3NO3S. The number of ether oxygens (including phenoxy) is 1. The Morgan fingerprint density at radius 1 is 1.36 bits per heavy atom. The first-order chi connectivity index (χ1) is 10.1. The van der Waals surface area contributed by atoms with Crippen LogP contribution in [0.5, 0.6) is 0 Å². The van der Waals surface area contributed by atoms with Crippen LogP contribution in [0, 0.1) is 0 Å². The summed E-state index contributed by atoms with van der Waals surface area (Å²) < 4.78 is 45.2. The minimum atomic E-state index is -5.04. The second kappa shape index (κ2) is 5.85. The molecule has 1 unspecified atom stereocenters. The Labute approximate surface area is 128 Å². The van der Waals surface area contributed by atoms with Crippen LogP contribution in [0.4, 0.5) is 13.2 Å². The van der Waals surface area contributed by atoms with Crippen molar-refractivity contribution in [3.63, 3.8) is 0 Å². The van der Waals surface area contributed by atoms with Gasteiger partial charge in [-0.2, -0.15) is 13.2 Å². The molecule has 120 valence electrons. The number of alkyl halides is 3. The third-order valence-corrected chi connectivity index (χ3v) is 4.07. The lowest BCUT2D eigenvalue weighted by Gasteiger charge is -2.27. The third-order valence-electron chi connectivity index (χ3n) is 2.88. The number of aliphatic hydroxyl groups is 1. The zero-order valence-corrected chi connectivity index (χ0v) is 12.7. The van der Waals surface area contributed by atoms with Gasteiger partial charge in [-0.05, 0) is 26.0 Å². The first-order valence-corrected chi connectivity index (χ1v) is 7.30. The maximum atomic E-state index is 13.3. The average Bonchev–Trinajstić information content (AvgIpc) is 2.80. The van der Waals surface area contributed by atoms with E-state index in [1.807, 2.05) is 0 Å². The maximum absolute atomic E-state index is 13.3. The largest absolute Gasteiger partial charge is 0.463 e. The summed E-state index contributed by atoms with van der Waals surface area (Å²) in [5.74, 6) is -1.13. The highest BCUT2D eigenvalue weighted by Crippen LogP contribution is 2.44. The van der Waals surface area contributed by atoms with E-state index in [1.54, 1.807) is 24.3 Å². The quantitative estimate of drug-likeness (QED) is 0.872. The molecule has 0 saturated heterocycles. The summed E-state index contributed by atoms with van der Waals surface area (Å²) in [4.78, 5) is 15.4. The van der Waals surface area contributed by atoms with Crippen molar-refractivity contribution < 1.29 is 27.8 Å². The molecule has 0 bridgehead atoms. The number of carbonyl (C=O) groups excluding carboxylic acids is 1. The van der Waals surface area contributed by atoms with Crippen molar-refractivity contribution in [3.05, 3.63) is 29.3 Å². The number of para-hydroxylation sites is 1. The number of hydrogen-bond acceptors (Lipinski definition) is 5. The van der Waals surface area contributed by atoms with Crippen molar-refractivity contribution in [2.45, 2.75) is 38.1 Å². The van der Waals surface area contributed by atoms with Crippen LogP contribution in [-0.2, 0) is 15.1 Å². The van der Waals surface area contributed by atoms with Crippen molar-refractivity contribution >= 4 is 27.5 Å². The van der Waals surface area contributed by atoms with Crippen LogP contribution in [0.1, 0.15) is 25.3 Å². The van der Waals surface area contributed by atoms with E-state index in [0.717, 1.165) is 0 Å². The molecule has 1 N–H and O–H groups in total. The SMILES string of the molecule is CC(C)OC(=O)CC(O)(c1nc2ccccc2s1)C(F)(F)F. The Hall–Kier alpha value is -1.67. The van der Waals surface area contributed by atoms with E-state index in [0.29, 0.717) is 21.6 Å². The number of nitrogens with zero attached hydrogens (tertiary/aromatic N) is 1. The Kier molecular flexibility index (Phi) is 4.44. The number of carbonyl (C=O) groups is 1. The predicted octanol–water partition coefficient (Wildman–Crippen LogP) is 3.39. The fourth-order valence-corrected chi connectivity index (χ4v) is 2.93. The monoisotopic (exact) mass is 333 g/mol. The van der Waals surface area contributed by atoms with Gasteiger partial charge in [-0.1, -0.05) is 12.1 Å². The molecule has 2 aromatic rings.